The van der Waals surface area contributed by atoms with Crippen molar-refractivity contribution in [1.82, 2.24) is 30.4 Å². The molecule has 0 unspecified atom stereocenters. The Morgan fingerprint density at radius 3 is 2.44 bits per heavy atom. The molecule has 2 saturated heterocycles. The molecule has 2 fully saturated rings. The van der Waals surface area contributed by atoms with Crippen LogP contribution in [0.25, 0.3) is 0 Å². The topological polar surface area (TPSA) is 180 Å². The van der Waals surface area contributed by atoms with Gasteiger partial charge in [0.15, 0.2) is 6.10 Å². The molecule has 2 aliphatic rings. The molecule has 0 radical (unpaired) electrons. The van der Waals surface area contributed by atoms with E-state index < -0.39 is 48.0 Å². The Balaban J connectivity index is 1.49. The number of ether oxygens (including phenoxy) is 2. The highest BCUT2D eigenvalue weighted by molar-refractivity contribution is 7.10. The standard InChI is InChI=1S/C34H50N6O8S2/c1-19(2)26(40(6)33(44)29(22-16-47-17-22)38-31(43)25-9-7-8-11-39(25)5)15-27(48-21(4)41)32-37-24(18-50-32)30(42)36-23(13-20(3)34(45)46)14-28-35-10-12-49-28/h10,12,18-20,22-23,25-27,29H,7-9,11,13-17H2,1-6H3,(H,36,42)(H,38,43)(H,45,46)/t20-,23+,25+,26+,27+,29-/m0/s1. The lowest BCUT2D eigenvalue weighted by atomic mass is 9.92. The number of likely N-dealkylation sites (tertiary alicyclic amines) is 1. The first-order chi connectivity index (χ1) is 23.7. The number of nitrogens with zero attached hydrogens (tertiary/aromatic N) is 4. The van der Waals surface area contributed by atoms with Crippen molar-refractivity contribution in [3.8, 4) is 0 Å². The van der Waals surface area contributed by atoms with Gasteiger partial charge in [-0.05, 0) is 38.8 Å². The Labute approximate surface area is 301 Å². The zero-order valence-electron chi connectivity index (χ0n) is 29.6. The van der Waals surface area contributed by atoms with E-state index in [0.717, 1.165) is 30.8 Å². The van der Waals surface area contributed by atoms with Gasteiger partial charge in [-0.15, -0.1) is 22.7 Å². The molecule has 16 heteroatoms. The number of carbonyl (C=O) groups is 5. The molecule has 0 bridgehead atoms. The third kappa shape index (κ3) is 10.5. The van der Waals surface area contributed by atoms with E-state index in [9.17, 15) is 29.1 Å². The summed E-state index contributed by atoms with van der Waals surface area (Å²) in [5.41, 5.74) is 0.111. The van der Waals surface area contributed by atoms with Crippen LogP contribution in [0.5, 0.6) is 0 Å². The van der Waals surface area contributed by atoms with Crippen LogP contribution in [0.2, 0.25) is 0 Å². The predicted octanol–water partition coefficient (Wildman–Crippen LogP) is 3.14. The lowest BCUT2D eigenvalue weighted by molar-refractivity contribution is -0.151. The summed E-state index contributed by atoms with van der Waals surface area (Å²) in [6, 6.07) is -1.96. The van der Waals surface area contributed by atoms with Crippen LogP contribution in [0.4, 0.5) is 0 Å². The van der Waals surface area contributed by atoms with Gasteiger partial charge >= 0.3 is 11.9 Å². The van der Waals surface area contributed by atoms with Crippen LogP contribution in [0.3, 0.4) is 0 Å². The van der Waals surface area contributed by atoms with Crippen LogP contribution in [-0.2, 0) is 35.1 Å². The summed E-state index contributed by atoms with van der Waals surface area (Å²) in [6.07, 6.45) is 4.32. The summed E-state index contributed by atoms with van der Waals surface area (Å²) in [7, 11) is 3.63. The van der Waals surface area contributed by atoms with E-state index in [1.54, 1.807) is 30.4 Å². The Morgan fingerprint density at radius 1 is 1.12 bits per heavy atom. The average Bonchev–Trinajstić information content (AvgIpc) is 3.74. The first kappa shape index (κ1) is 39.3. The fourth-order valence-corrected chi connectivity index (χ4v) is 7.98. The molecular formula is C34H50N6O8S2. The number of nitrogens with one attached hydrogen (secondary N) is 2. The number of piperidine rings is 1. The summed E-state index contributed by atoms with van der Waals surface area (Å²) in [5.74, 6) is -3.29. The molecule has 14 nitrogen and oxygen atoms in total. The number of hydrogen-bond acceptors (Lipinski definition) is 12. The highest BCUT2D eigenvalue weighted by Crippen LogP contribution is 2.31. The zero-order chi connectivity index (χ0) is 36.5. The second-order valence-corrected chi connectivity index (χ2v) is 15.6. The van der Waals surface area contributed by atoms with Crippen molar-refractivity contribution in [2.24, 2.45) is 17.8 Å². The van der Waals surface area contributed by atoms with E-state index in [4.69, 9.17) is 9.47 Å². The van der Waals surface area contributed by atoms with Crippen molar-refractivity contribution in [3.05, 3.63) is 32.7 Å². The minimum atomic E-state index is -0.960. The van der Waals surface area contributed by atoms with Gasteiger partial charge in [-0.2, -0.15) is 0 Å². The van der Waals surface area contributed by atoms with Gasteiger partial charge < -0.3 is 30.1 Å². The number of aliphatic carboxylic acids is 1. The Bertz CT molecular complexity index is 1470. The van der Waals surface area contributed by atoms with Crippen molar-refractivity contribution < 1.29 is 38.6 Å². The molecule has 0 aromatic carbocycles. The normalized spacial score (nSPS) is 19.8. The molecule has 2 aliphatic heterocycles. The number of rotatable bonds is 17. The van der Waals surface area contributed by atoms with Gasteiger partial charge in [-0.1, -0.05) is 27.2 Å². The SMILES string of the molecule is CC(=O)O[C@H](C[C@H](C(C)C)N(C)C(=O)[C@@H](NC(=O)[C@H]1CCCCN1C)C1COC1)c1nc(C(=O)N[C@@H](Cc2nccs2)C[C@H](C)C(=O)O)cs1. The number of likely N-dealkylation sites (N-methyl/N-ethyl adjacent to an activating group) is 2. The monoisotopic (exact) mass is 734 g/mol. The van der Waals surface area contributed by atoms with Gasteiger partial charge in [0.05, 0.1) is 30.2 Å². The smallest absolute Gasteiger partial charge is 0.306 e. The van der Waals surface area contributed by atoms with Crippen LogP contribution in [0.1, 0.15) is 86.4 Å². The van der Waals surface area contributed by atoms with Crippen molar-refractivity contribution in [2.75, 3.05) is 33.9 Å². The number of carboxylic acid groups (broad SMARTS) is 1. The molecule has 0 saturated carbocycles. The van der Waals surface area contributed by atoms with Gasteiger partial charge in [-0.3, -0.25) is 28.9 Å². The Morgan fingerprint density at radius 2 is 1.86 bits per heavy atom. The number of aromatic nitrogens is 2. The van der Waals surface area contributed by atoms with Crippen molar-refractivity contribution >= 4 is 52.3 Å². The summed E-state index contributed by atoms with van der Waals surface area (Å²) in [6.45, 7) is 8.40. The third-order valence-electron chi connectivity index (χ3n) is 9.48. The minimum absolute atomic E-state index is 0.0638. The lowest BCUT2D eigenvalue weighted by Crippen LogP contribution is -2.61. The van der Waals surface area contributed by atoms with Crippen LogP contribution < -0.4 is 10.6 Å². The number of carbonyl (C=O) groups excluding carboxylic acids is 4. The Kier molecular flexibility index (Phi) is 14.3. The van der Waals surface area contributed by atoms with Gasteiger partial charge in [0, 0.05) is 61.8 Å². The molecule has 4 rings (SSSR count). The molecule has 0 aliphatic carbocycles. The van der Waals surface area contributed by atoms with E-state index in [1.807, 2.05) is 31.2 Å². The first-order valence-electron chi connectivity index (χ1n) is 17.1. The van der Waals surface area contributed by atoms with E-state index >= 15 is 0 Å². The van der Waals surface area contributed by atoms with E-state index in [2.05, 4.69) is 20.6 Å². The van der Waals surface area contributed by atoms with Crippen molar-refractivity contribution in [3.63, 3.8) is 0 Å². The number of thiazole rings is 2. The molecule has 2 aromatic rings. The van der Waals surface area contributed by atoms with E-state index in [1.165, 1.54) is 29.6 Å². The van der Waals surface area contributed by atoms with Gasteiger partial charge in [0.1, 0.15) is 16.7 Å². The Hall–Kier alpha value is -3.47. The molecule has 2 aromatic heterocycles. The molecule has 4 heterocycles. The van der Waals surface area contributed by atoms with Gasteiger partial charge in [0.2, 0.25) is 11.8 Å². The summed E-state index contributed by atoms with van der Waals surface area (Å²) in [4.78, 5) is 77.2. The molecule has 0 spiro atoms. The largest absolute Gasteiger partial charge is 0.481 e. The molecule has 276 valence electrons. The van der Waals surface area contributed by atoms with Gasteiger partial charge in [-0.25, -0.2) is 9.97 Å². The predicted molar refractivity (Wildman–Crippen MR) is 188 cm³/mol. The second-order valence-electron chi connectivity index (χ2n) is 13.7. The van der Waals surface area contributed by atoms with Crippen LogP contribution in [0, 0.1) is 17.8 Å². The molecular weight excluding hydrogens is 685 g/mol. The first-order valence-corrected chi connectivity index (χ1v) is 18.9. The second kappa shape index (κ2) is 18.1. The number of amides is 3. The van der Waals surface area contributed by atoms with Gasteiger partial charge in [0.25, 0.3) is 5.91 Å². The summed E-state index contributed by atoms with van der Waals surface area (Å²) >= 11 is 2.59. The highest BCUT2D eigenvalue weighted by Gasteiger charge is 2.41. The van der Waals surface area contributed by atoms with Crippen LogP contribution in [-0.4, -0.2) is 113 Å². The molecule has 50 heavy (non-hydrogen) atoms. The molecule has 3 N–H and O–H groups in total. The van der Waals surface area contributed by atoms with Crippen molar-refractivity contribution in [1.29, 1.82) is 0 Å². The summed E-state index contributed by atoms with van der Waals surface area (Å²) in [5, 5.41) is 20.0. The molecule has 6 atom stereocenters. The number of esters is 1. The maximum atomic E-state index is 14.1. The molecule has 3 amide bonds. The fraction of sp³-hybridized carbons (Fsp3) is 0.676. The van der Waals surface area contributed by atoms with Crippen LogP contribution >= 0.6 is 22.7 Å². The van der Waals surface area contributed by atoms with E-state index in [-0.39, 0.29) is 48.2 Å². The third-order valence-corrected chi connectivity index (χ3v) is 11.2. The maximum absolute atomic E-state index is 14.1. The van der Waals surface area contributed by atoms with E-state index in [0.29, 0.717) is 24.6 Å². The highest BCUT2D eigenvalue weighted by atomic mass is 32.1. The number of hydrogen-bond donors (Lipinski definition) is 3. The average molecular weight is 735 g/mol. The quantitative estimate of drug-likeness (QED) is 0.203. The fourth-order valence-electron chi connectivity index (χ4n) is 6.45. The zero-order valence-corrected chi connectivity index (χ0v) is 31.3. The number of carboxylic acids is 1. The minimum Gasteiger partial charge on any atom is -0.481 e. The lowest BCUT2D eigenvalue weighted by Gasteiger charge is -2.40. The van der Waals surface area contributed by atoms with Crippen LogP contribution in [0.15, 0.2) is 17.0 Å². The maximum Gasteiger partial charge on any atom is 0.306 e. The summed E-state index contributed by atoms with van der Waals surface area (Å²) < 4.78 is 11.1. The van der Waals surface area contributed by atoms with Crippen molar-refractivity contribution in [2.45, 2.75) is 96.5 Å².